The minimum atomic E-state index is 0.509. The van der Waals surface area contributed by atoms with Crippen LogP contribution >= 0.6 is 0 Å². The smallest absolute Gasteiger partial charge is 0.226 e. The molecule has 1 unspecified atom stereocenters. The molecule has 0 amide bonds. The van der Waals surface area contributed by atoms with Crippen LogP contribution in [0.2, 0.25) is 0 Å². The lowest BCUT2D eigenvalue weighted by Gasteiger charge is -2.18. The van der Waals surface area contributed by atoms with Crippen LogP contribution in [0.5, 0.6) is 0 Å². The summed E-state index contributed by atoms with van der Waals surface area (Å²) in [6, 6.07) is 2.43. The second-order valence-electron chi connectivity index (χ2n) is 4.17. The minimum absolute atomic E-state index is 0.509. The molecule has 16 heavy (non-hydrogen) atoms. The summed E-state index contributed by atoms with van der Waals surface area (Å²) in [5.41, 5.74) is 0. The van der Waals surface area contributed by atoms with Crippen LogP contribution in [-0.4, -0.2) is 30.1 Å². The van der Waals surface area contributed by atoms with Gasteiger partial charge in [0.15, 0.2) is 0 Å². The second-order valence-corrected chi connectivity index (χ2v) is 4.17. The molecule has 1 atom stereocenters. The molecule has 0 radical (unpaired) electrons. The van der Waals surface area contributed by atoms with Crippen molar-refractivity contribution in [2.75, 3.05) is 24.3 Å². The van der Waals surface area contributed by atoms with Crippen LogP contribution in [0.15, 0.2) is 12.3 Å². The van der Waals surface area contributed by atoms with Crippen molar-refractivity contribution in [3.05, 3.63) is 12.3 Å². The Morgan fingerprint density at radius 2 is 2.12 bits per heavy atom. The van der Waals surface area contributed by atoms with E-state index in [1.807, 2.05) is 25.1 Å². The highest BCUT2D eigenvalue weighted by molar-refractivity contribution is 5.40. The van der Waals surface area contributed by atoms with Gasteiger partial charge in [-0.2, -0.15) is 4.98 Å². The van der Waals surface area contributed by atoms with Gasteiger partial charge in [0.25, 0.3) is 0 Å². The van der Waals surface area contributed by atoms with E-state index in [-0.39, 0.29) is 0 Å². The summed E-state index contributed by atoms with van der Waals surface area (Å²) in [6.45, 7) is 4.40. The molecule has 1 heterocycles. The molecule has 0 fully saturated rings. The van der Waals surface area contributed by atoms with Gasteiger partial charge >= 0.3 is 0 Å². The van der Waals surface area contributed by atoms with Crippen molar-refractivity contribution >= 4 is 11.8 Å². The fraction of sp³-hybridized carbons (Fsp3) is 0.667. The van der Waals surface area contributed by atoms with Gasteiger partial charge in [-0.1, -0.05) is 20.3 Å². The quantitative estimate of drug-likeness (QED) is 0.803. The van der Waals surface area contributed by atoms with E-state index >= 15 is 0 Å². The number of anilines is 2. The Morgan fingerprint density at radius 3 is 2.69 bits per heavy atom. The molecule has 0 saturated heterocycles. The van der Waals surface area contributed by atoms with Gasteiger partial charge in [0, 0.05) is 26.3 Å². The van der Waals surface area contributed by atoms with Gasteiger partial charge < -0.3 is 10.2 Å². The molecule has 1 aromatic heterocycles. The van der Waals surface area contributed by atoms with Crippen molar-refractivity contribution in [1.82, 2.24) is 9.97 Å². The first-order chi connectivity index (χ1) is 7.67. The van der Waals surface area contributed by atoms with E-state index in [2.05, 4.69) is 29.1 Å². The molecule has 4 nitrogen and oxygen atoms in total. The third-order valence-electron chi connectivity index (χ3n) is 2.52. The SMILES string of the molecule is CCCC(CC)Nc1ccnc(N(C)C)n1. The molecule has 0 aliphatic rings. The molecule has 0 aliphatic carbocycles. The van der Waals surface area contributed by atoms with E-state index in [0.717, 1.165) is 18.2 Å². The number of hydrogen-bond acceptors (Lipinski definition) is 4. The molecule has 1 aromatic rings. The van der Waals surface area contributed by atoms with Crippen LogP contribution < -0.4 is 10.2 Å². The van der Waals surface area contributed by atoms with Gasteiger partial charge in [0.05, 0.1) is 0 Å². The Balaban J connectivity index is 2.68. The second kappa shape index (κ2) is 6.30. The average molecular weight is 222 g/mol. The summed E-state index contributed by atoms with van der Waals surface area (Å²) in [6.07, 6.45) is 5.29. The Hall–Kier alpha value is -1.32. The predicted molar refractivity (Wildman–Crippen MR) is 69.0 cm³/mol. The van der Waals surface area contributed by atoms with Crippen molar-refractivity contribution in [1.29, 1.82) is 0 Å². The Labute approximate surface area is 98.1 Å². The summed E-state index contributed by atoms with van der Waals surface area (Å²) >= 11 is 0. The average Bonchev–Trinajstić information content (AvgIpc) is 2.29. The van der Waals surface area contributed by atoms with Crippen molar-refractivity contribution in [3.63, 3.8) is 0 Å². The van der Waals surface area contributed by atoms with Crippen LogP contribution in [0.3, 0.4) is 0 Å². The van der Waals surface area contributed by atoms with Crippen molar-refractivity contribution < 1.29 is 0 Å². The maximum Gasteiger partial charge on any atom is 0.226 e. The topological polar surface area (TPSA) is 41.1 Å². The number of aromatic nitrogens is 2. The molecule has 0 aromatic carbocycles. The molecule has 0 bridgehead atoms. The van der Waals surface area contributed by atoms with Crippen LogP contribution in [0.25, 0.3) is 0 Å². The standard InChI is InChI=1S/C12H22N4/c1-5-7-10(6-2)14-11-8-9-13-12(15-11)16(3)4/h8-10H,5-7H2,1-4H3,(H,13,14,15). The van der Waals surface area contributed by atoms with Gasteiger partial charge in [0.2, 0.25) is 5.95 Å². The summed E-state index contributed by atoms with van der Waals surface area (Å²) < 4.78 is 0. The monoisotopic (exact) mass is 222 g/mol. The molecule has 0 aliphatic heterocycles. The van der Waals surface area contributed by atoms with E-state index in [1.165, 1.54) is 12.8 Å². The molecule has 0 spiro atoms. The molecular formula is C12H22N4. The lowest BCUT2D eigenvalue weighted by Crippen LogP contribution is -2.20. The van der Waals surface area contributed by atoms with Gasteiger partial charge in [0.1, 0.15) is 5.82 Å². The van der Waals surface area contributed by atoms with Gasteiger partial charge in [-0.3, -0.25) is 0 Å². The van der Waals surface area contributed by atoms with Gasteiger partial charge in [-0.25, -0.2) is 4.98 Å². The molecule has 0 saturated carbocycles. The molecular weight excluding hydrogens is 200 g/mol. The molecule has 90 valence electrons. The first-order valence-corrected chi connectivity index (χ1v) is 5.94. The largest absolute Gasteiger partial charge is 0.367 e. The third-order valence-corrected chi connectivity index (χ3v) is 2.52. The zero-order valence-corrected chi connectivity index (χ0v) is 10.7. The lowest BCUT2D eigenvalue weighted by atomic mass is 10.1. The van der Waals surface area contributed by atoms with E-state index in [4.69, 9.17) is 0 Å². The van der Waals surface area contributed by atoms with Crippen LogP contribution in [0, 0.1) is 0 Å². The summed E-state index contributed by atoms with van der Waals surface area (Å²) in [5.74, 6) is 1.66. The van der Waals surface area contributed by atoms with Crippen molar-refractivity contribution in [3.8, 4) is 0 Å². The van der Waals surface area contributed by atoms with E-state index < -0.39 is 0 Å². The van der Waals surface area contributed by atoms with Crippen LogP contribution in [0.4, 0.5) is 11.8 Å². The summed E-state index contributed by atoms with van der Waals surface area (Å²) in [5, 5.41) is 3.45. The van der Waals surface area contributed by atoms with Crippen molar-refractivity contribution in [2.24, 2.45) is 0 Å². The maximum absolute atomic E-state index is 4.45. The summed E-state index contributed by atoms with van der Waals surface area (Å²) in [7, 11) is 3.89. The Bertz CT molecular complexity index is 312. The number of hydrogen-bond donors (Lipinski definition) is 1. The van der Waals surface area contributed by atoms with E-state index in [9.17, 15) is 0 Å². The third kappa shape index (κ3) is 3.68. The zero-order valence-electron chi connectivity index (χ0n) is 10.7. The first-order valence-electron chi connectivity index (χ1n) is 5.94. The molecule has 1 rings (SSSR count). The zero-order chi connectivity index (χ0) is 12.0. The fourth-order valence-electron chi connectivity index (χ4n) is 1.58. The van der Waals surface area contributed by atoms with Crippen LogP contribution in [0.1, 0.15) is 33.1 Å². The van der Waals surface area contributed by atoms with E-state index in [1.54, 1.807) is 6.20 Å². The van der Waals surface area contributed by atoms with Gasteiger partial charge in [-0.15, -0.1) is 0 Å². The predicted octanol–water partition coefficient (Wildman–Crippen LogP) is 2.53. The highest BCUT2D eigenvalue weighted by atomic mass is 15.2. The van der Waals surface area contributed by atoms with Crippen molar-refractivity contribution in [2.45, 2.75) is 39.2 Å². The highest BCUT2D eigenvalue weighted by Crippen LogP contribution is 2.12. The Morgan fingerprint density at radius 1 is 1.38 bits per heavy atom. The number of nitrogens with zero attached hydrogens (tertiary/aromatic N) is 3. The lowest BCUT2D eigenvalue weighted by molar-refractivity contribution is 0.620. The summed E-state index contributed by atoms with van der Waals surface area (Å²) in [4.78, 5) is 10.5. The number of nitrogens with one attached hydrogen (secondary N) is 1. The fourth-order valence-corrected chi connectivity index (χ4v) is 1.58. The first kappa shape index (κ1) is 12.7. The Kier molecular flexibility index (Phi) is 5.02. The minimum Gasteiger partial charge on any atom is -0.367 e. The molecule has 1 N–H and O–H groups in total. The maximum atomic E-state index is 4.45. The van der Waals surface area contributed by atoms with Gasteiger partial charge in [-0.05, 0) is 18.9 Å². The normalized spacial score (nSPS) is 12.2. The highest BCUT2D eigenvalue weighted by Gasteiger charge is 2.06. The van der Waals surface area contributed by atoms with E-state index in [0.29, 0.717) is 6.04 Å². The van der Waals surface area contributed by atoms with Crippen LogP contribution in [-0.2, 0) is 0 Å². The number of rotatable bonds is 6. The molecule has 4 heteroatoms.